The number of nitrogens with zero attached hydrogens (tertiary/aromatic N) is 2. The van der Waals surface area contributed by atoms with Crippen molar-refractivity contribution in [1.29, 1.82) is 0 Å². The highest BCUT2D eigenvalue weighted by atomic mass is 35.5. The number of aliphatic hydroxyl groups is 1. The van der Waals surface area contributed by atoms with Crippen LogP contribution in [0.25, 0.3) is 0 Å². The Morgan fingerprint density at radius 1 is 1.30 bits per heavy atom. The molecule has 0 aliphatic heterocycles. The molecule has 0 atom stereocenters. The third-order valence-corrected chi connectivity index (χ3v) is 2.32. The molecule has 1 heterocycles. The second-order valence-electron chi connectivity index (χ2n) is 3.58. The van der Waals surface area contributed by atoms with Crippen molar-refractivity contribution >= 4 is 23.4 Å². The topological polar surface area (TPSA) is 114 Å². The Labute approximate surface area is 120 Å². The summed E-state index contributed by atoms with van der Waals surface area (Å²) in [7, 11) is 0. The Morgan fingerprint density at radius 2 is 2.00 bits per heavy atom. The summed E-state index contributed by atoms with van der Waals surface area (Å²) in [6, 6.07) is 0. The lowest BCUT2D eigenvalue weighted by atomic mass is 10.3. The van der Waals surface area contributed by atoms with Crippen LogP contribution in [0.3, 0.4) is 0 Å². The number of aromatic nitrogens is 2. The van der Waals surface area contributed by atoms with Crippen LogP contribution in [0.5, 0.6) is 0 Å². The number of nitrogens with one attached hydrogen (secondary N) is 1. The number of hydrogen-bond acceptors (Lipinski definition) is 7. The number of halogens is 1. The molecule has 8 nitrogen and oxygen atoms in total. The van der Waals surface area contributed by atoms with E-state index in [9.17, 15) is 4.79 Å². The third kappa shape index (κ3) is 6.11. The molecule has 1 aromatic rings. The monoisotopic (exact) mass is 305 g/mol. The molecule has 3 N–H and O–H groups in total. The Bertz CT molecular complexity index is 433. The molecule has 0 unspecified atom stereocenters. The van der Waals surface area contributed by atoms with E-state index >= 15 is 0 Å². The van der Waals surface area contributed by atoms with E-state index in [1.165, 1.54) is 0 Å². The van der Waals surface area contributed by atoms with Crippen LogP contribution in [-0.2, 0) is 9.47 Å². The fraction of sp³-hybridized carbons (Fsp3) is 0.545. The molecule has 1 rings (SSSR count). The second-order valence-corrected chi connectivity index (χ2v) is 3.92. The minimum atomic E-state index is -1.14. The van der Waals surface area contributed by atoms with Gasteiger partial charge in [-0.3, -0.25) is 0 Å². The maximum Gasteiger partial charge on any atom is 0.341 e. The van der Waals surface area contributed by atoms with Gasteiger partial charge in [-0.25, -0.2) is 9.78 Å². The Balaban J connectivity index is 2.28. The Kier molecular flexibility index (Phi) is 7.81. The number of carboxylic acids is 1. The van der Waals surface area contributed by atoms with Gasteiger partial charge in [0.15, 0.2) is 0 Å². The van der Waals surface area contributed by atoms with Crippen LogP contribution in [0, 0.1) is 0 Å². The SMILES string of the molecule is O=C(O)c1cnc(Cl)nc1NCCOCCOCCO. The van der Waals surface area contributed by atoms with Crippen molar-refractivity contribution < 1.29 is 24.5 Å². The van der Waals surface area contributed by atoms with E-state index < -0.39 is 5.97 Å². The van der Waals surface area contributed by atoms with Gasteiger partial charge < -0.3 is 25.0 Å². The summed E-state index contributed by atoms with van der Waals surface area (Å²) in [5, 5.41) is 20.2. The fourth-order valence-corrected chi connectivity index (χ4v) is 1.41. The summed E-state index contributed by atoms with van der Waals surface area (Å²) in [6.45, 7) is 1.76. The molecule has 0 saturated carbocycles. The molecular formula is C11H16ClN3O5. The zero-order valence-corrected chi connectivity index (χ0v) is 11.5. The highest BCUT2D eigenvalue weighted by molar-refractivity contribution is 6.28. The Hall–Kier alpha value is -1.48. The molecule has 9 heteroatoms. The highest BCUT2D eigenvalue weighted by Crippen LogP contribution is 2.13. The van der Waals surface area contributed by atoms with E-state index in [0.29, 0.717) is 26.4 Å². The predicted octanol–water partition coefficient (Wildman–Crippen LogP) is 0.266. The van der Waals surface area contributed by atoms with Gasteiger partial charge in [0.25, 0.3) is 0 Å². The van der Waals surface area contributed by atoms with Crippen LogP contribution in [0.1, 0.15) is 10.4 Å². The molecule has 0 aromatic carbocycles. The van der Waals surface area contributed by atoms with Crippen LogP contribution in [-0.4, -0.2) is 65.7 Å². The largest absolute Gasteiger partial charge is 0.477 e. The average Bonchev–Trinajstić information content (AvgIpc) is 2.41. The third-order valence-electron chi connectivity index (χ3n) is 2.14. The summed E-state index contributed by atoms with van der Waals surface area (Å²) in [5.41, 5.74) is -0.0549. The zero-order valence-electron chi connectivity index (χ0n) is 10.7. The van der Waals surface area contributed by atoms with E-state index in [-0.39, 0.29) is 29.9 Å². The van der Waals surface area contributed by atoms with Gasteiger partial charge >= 0.3 is 5.97 Å². The van der Waals surface area contributed by atoms with Crippen LogP contribution in [0.2, 0.25) is 5.28 Å². The highest BCUT2D eigenvalue weighted by Gasteiger charge is 2.12. The lowest BCUT2D eigenvalue weighted by Gasteiger charge is -2.09. The van der Waals surface area contributed by atoms with E-state index in [2.05, 4.69) is 15.3 Å². The van der Waals surface area contributed by atoms with Crippen LogP contribution in [0.4, 0.5) is 5.82 Å². The smallest absolute Gasteiger partial charge is 0.341 e. The van der Waals surface area contributed by atoms with Crippen molar-refractivity contribution in [3.05, 3.63) is 17.0 Å². The first-order chi connectivity index (χ1) is 9.65. The summed E-state index contributed by atoms with van der Waals surface area (Å²) in [4.78, 5) is 18.4. The molecule has 0 aliphatic rings. The van der Waals surface area contributed by atoms with Crippen LogP contribution >= 0.6 is 11.6 Å². The van der Waals surface area contributed by atoms with Gasteiger partial charge in [0, 0.05) is 12.7 Å². The number of rotatable bonds is 10. The summed E-state index contributed by atoms with van der Waals surface area (Å²) in [6.07, 6.45) is 1.14. The fourth-order valence-electron chi connectivity index (χ4n) is 1.28. The first-order valence-corrected chi connectivity index (χ1v) is 6.29. The van der Waals surface area contributed by atoms with Gasteiger partial charge in [0.05, 0.1) is 33.0 Å². The maximum atomic E-state index is 10.9. The first-order valence-electron chi connectivity index (χ1n) is 5.91. The number of aliphatic hydroxyl groups excluding tert-OH is 1. The molecular weight excluding hydrogens is 290 g/mol. The molecule has 0 aliphatic carbocycles. The number of ether oxygens (including phenoxy) is 2. The van der Waals surface area contributed by atoms with Crippen molar-refractivity contribution in [3.8, 4) is 0 Å². The summed E-state index contributed by atoms with van der Waals surface area (Å²) >= 11 is 5.61. The van der Waals surface area contributed by atoms with Gasteiger partial charge in [-0.15, -0.1) is 0 Å². The van der Waals surface area contributed by atoms with Gasteiger partial charge in [-0.2, -0.15) is 4.98 Å². The lowest BCUT2D eigenvalue weighted by molar-refractivity contribution is 0.0360. The zero-order chi connectivity index (χ0) is 14.8. The van der Waals surface area contributed by atoms with Crippen molar-refractivity contribution in [2.75, 3.05) is 44.9 Å². The molecule has 20 heavy (non-hydrogen) atoms. The molecule has 0 saturated heterocycles. The molecule has 0 fully saturated rings. The predicted molar refractivity (Wildman–Crippen MR) is 71.2 cm³/mol. The molecule has 0 spiro atoms. The number of anilines is 1. The van der Waals surface area contributed by atoms with Crippen LogP contribution in [0.15, 0.2) is 6.20 Å². The normalized spacial score (nSPS) is 10.5. The number of carboxylic acid groups (broad SMARTS) is 1. The molecule has 112 valence electrons. The van der Waals surface area contributed by atoms with E-state index in [1.807, 2.05) is 0 Å². The van der Waals surface area contributed by atoms with Crippen molar-refractivity contribution in [3.63, 3.8) is 0 Å². The van der Waals surface area contributed by atoms with Gasteiger partial charge in [0.1, 0.15) is 11.4 Å². The minimum Gasteiger partial charge on any atom is -0.477 e. The summed E-state index contributed by atoms with van der Waals surface area (Å²) < 4.78 is 10.2. The van der Waals surface area contributed by atoms with Gasteiger partial charge in [0.2, 0.25) is 5.28 Å². The van der Waals surface area contributed by atoms with Crippen molar-refractivity contribution in [2.45, 2.75) is 0 Å². The van der Waals surface area contributed by atoms with Gasteiger partial charge in [-0.1, -0.05) is 0 Å². The quantitative estimate of drug-likeness (QED) is 0.417. The van der Waals surface area contributed by atoms with Crippen molar-refractivity contribution in [1.82, 2.24) is 9.97 Å². The molecule has 0 bridgehead atoms. The average molecular weight is 306 g/mol. The van der Waals surface area contributed by atoms with E-state index in [4.69, 9.17) is 31.3 Å². The van der Waals surface area contributed by atoms with E-state index in [0.717, 1.165) is 6.20 Å². The Morgan fingerprint density at radius 3 is 2.65 bits per heavy atom. The lowest BCUT2D eigenvalue weighted by Crippen LogP contribution is -2.16. The molecule has 1 aromatic heterocycles. The first kappa shape index (κ1) is 16.6. The standard InChI is InChI=1S/C11H16ClN3O5/c12-11-14-7-8(10(17)18)9(15-11)13-1-3-19-5-6-20-4-2-16/h7,16H,1-6H2,(H,17,18)(H,13,14,15). The van der Waals surface area contributed by atoms with E-state index in [1.54, 1.807) is 0 Å². The summed E-state index contributed by atoms with van der Waals surface area (Å²) in [5.74, 6) is -0.986. The van der Waals surface area contributed by atoms with Crippen LogP contribution < -0.4 is 5.32 Å². The maximum absolute atomic E-state index is 10.9. The number of hydrogen-bond donors (Lipinski definition) is 3. The minimum absolute atomic E-state index is 0.0198. The molecule has 0 radical (unpaired) electrons. The second kappa shape index (κ2) is 9.43. The molecule has 0 amide bonds. The number of aromatic carboxylic acids is 1. The van der Waals surface area contributed by atoms with Gasteiger partial charge in [-0.05, 0) is 11.6 Å². The van der Waals surface area contributed by atoms with Crippen molar-refractivity contribution in [2.24, 2.45) is 0 Å². The number of carbonyl (C=O) groups is 1.